The molecule has 0 saturated carbocycles. The van der Waals surface area contributed by atoms with Crippen molar-refractivity contribution in [1.29, 1.82) is 0 Å². The molecule has 0 radical (unpaired) electrons. The highest BCUT2D eigenvalue weighted by molar-refractivity contribution is 8.04. The molecule has 0 bridgehead atoms. The molecule has 1 aromatic heterocycles. The number of nitrogens with zero attached hydrogens (tertiary/aromatic N) is 2. The molecule has 0 amide bonds. The second kappa shape index (κ2) is 9.86. The van der Waals surface area contributed by atoms with Gasteiger partial charge in [0.2, 0.25) is 0 Å². The maximum Gasteiger partial charge on any atom is 0.343 e. The summed E-state index contributed by atoms with van der Waals surface area (Å²) in [4.78, 5) is 20.8. The molecule has 2 rings (SSSR count). The van der Waals surface area contributed by atoms with Crippen LogP contribution in [0.25, 0.3) is 0 Å². The molecule has 0 spiro atoms. The first-order chi connectivity index (χ1) is 14.0. The standard InChI is InChI=1S/C22H25Cl2N3O2S/c1-12(2)18(25)19(21(28)29)30-20(16-8-7-15(23)10-13(16)3)22(4,26-5)14-6-9-17(24)27-11-14/h6-12,20H,5,25H2,1-4H3,(H,28,29)/b19-18-. The molecule has 0 saturated heterocycles. The van der Waals surface area contributed by atoms with Gasteiger partial charge in [0.25, 0.3) is 0 Å². The van der Waals surface area contributed by atoms with E-state index < -0.39 is 16.8 Å². The molecule has 0 aliphatic rings. The third kappa shape index (κ3) is 5.17. The summed E-state index contributed by atoms with van der Waals surface area (Å²) in [5, 5.41) is 10.4. The van der Waals surface area contributed by atoms with Crippen LogP contribution in [0.5, 0.6) is 0 Å². The molecule has 30 heavy (non-hydrogen) atoms. The second-order valence-corrected chi connectivity index (χ2v) is 9.36. The van der Waals surface area contributed by atoms with E-state index in [0.29, 0.717) is 15.9 Å². The van der Waals surface area contributed by atoms with Crippen LogP contribution in [0.15, 0.2) is 52.1 Å². The van der Waals surface area contributed by atoms with Gasteiger partial charge >= 0.3 is 5.97 Å². The maximum atomic E-state index is 12.1. The summed E-state index contributed by atoms with van der Waals surface area (Å²) in [6, 6.07) is 8.99. The van der Waals surface area contributed by atoms with Crippen molar-refractivity contribution in [2.24, 2.45) is 16.6 Å². The number of nitrogens with two attached hydrogens (primary N) is 1. The minimum absolute atomic E-state index is 0.0844. The molecule has 1 heterocycles. The highest BCUT2D eigenvalue weighted by Gasteiger charge is 2.40. The zero-order valence-electron chi connectivity index (χ0n) is 17.3. The van der Waals surface area contributed by atoms with Gasteiger partial charge in [0.15, 0.2) is 0 Å². The van der Waals surface area contributed by atoms with Crippen molar-refractivity contribution in [3.05, 3.63) is 74.0 Å². The van der Waals surface area contributed by atoms with Gasteiger partial charge in [-0.1, -0.05) is 49.2 Å². The topological polar surface area (TPSA) is 88.6 Å². The number of carbonyl (C=O) groups is 1. The third-order valence-corrected chi connectivity index (χ3v) is 7.03. The number of hydrogen-bond acceptors (Lipinski definition) is 5. The summed E-state index contributed by atoms with van der Waals surface area (Å²) in [7, 11) is 0. The fraction of sp³-hybridized carbons (Fsp3) is 0.318. The van der Waals surface area contributed by atoms with E-state index in [0.717, 1.165) is 28.5 Å². The van der Waals surface area contributed by atoms with Gasteiger partial charge in [-0.3, -0.25) is 4.99 Å². The zero-order chi connectivity index (χ0) is 22.6. The Hall–Kier alpha value is -2.02. The van der Waals surface area contributed by atoms with Crippen molar-refractivity contribution < 1.29 is 9.90 Å². The minimum atomic E-state index is -1.08. The molecule has 0 aliphatic heterocycles. The third-order valence-electron chi connectivity index (χ3n) is 4.98. The van der Waals surface area contributed by atoms with E-state index in [1.54, 1.807) is 18.3 Å². The van der Waals surface area contributed by atoms with E-state index in [1.807, 2.05) is 45.9 Å². The molecule has 3 N–H and O–H groups in total. The van der Waals surface area contributed by atoms with Crippen molar-refractivity contribution in [3.8, 4) is 0 Å². The van der Waals surface area contributed by atoms with Crippen molar-refractivity contribution in [2.75, 3.05) is 0 Å². The number of allylic oxidation sites excluding steroid dienone is 1. The van der Waals surface area contributed by atoms with E-state index in [-0.39, 0.29) is 10.8 Å². The number of halogens is 2. The van der Waals surface area contributed by atoms with E-state index in [1.165, 1.54) is 0 Å². The number of aryl methyl sites for hydroxylation is 1. The van der Waals surface area contributed by atoms with E-state index in [4.69, 9.17) is 28.9 Å². The molecule has 8 heteroatoms. The number of carboxylic acid groups (broad SMARTS) is 1. The van der Waals surface area contributed by atoms with E-state index in [2.05, 4.69) is 16.7 Å². The lowest BCUT2D eigenvalue weighted by Crippen LogP contribution is -2.28. The molecule has 0 fully saturated rings. The first-order valence-corrected chi connectivity index (χ1v) is 10.9. The highest BCUT2D eigenvalue weighted by atomic mass is 35.5. The fourth-order valence-electron chi connectivity index (χ4n) is 3.04. The summed E-state index contributed by atoms with van der Waals surface area (Å²) in [5.74, 6) is -1.21. The molecular formula is C22H25Cl2N3O2S. The smallest absolute Gasteiger partial charge is 0.343 e. The molecular weight excluding hydrogens is 441 g/mol. The van der Waals surface area contributed by atoms with Gasteiger partial charge in [-0.2, -0.15) is 0 Å². The normalized spacial score (nSPS) is 15.3. The highest BCUT2D eigenvalue weighted by Crippen LogP contribution is 2.51. The quantitative estimate of drug-likeness (QED) is 0.283. The van der Waals surface area contributed by atoms with Crippen molar-refractivity contribution in [2.45, 2.75) is 38.5 Å². The number of aromatic nitrogens is 1. The molecule has 1 aromatic carbocycles. The van der Waals surface area contributed by atoms with Gasteiger partial charge in [-0.15, -0.1) is 11.8 Å². The number of aliphatic imine (C=N–C) groups is 1. The van der Waals surface area contributed by atoms with Gasteiger partial charge in [0.05, 0.1) is 10.8 Å². The lowest BCUT2D eigenvalue weighted by Gasteiger charge is -2.35. The Morgan fingerprint density at radius 1 is 1.30 bits per heavy atom. The Morgan fingerprint density at radius 3 is 2.43 bits per heavy atom. The molecule has 2 aromatic rings. The fourth-order valence-corrected chi connectivity index (χ4v) is 4.92. The zero-order valence-corrected chi connectivity index (χ0v) is 19.6. The molecule has 160 valence electrons. The first-order valence-electron chi connectivity index (χ1n) is 9.26. The Labute approximate surface area is 191 Å². The summed E-state index contributed by atoms with van der Waals surface area (Å²) in [6.45, 7) is 11.3. The van der Waals surface area contributed by atoms with Crippen molar-refractivity contribution in [1.82, 2.24) is 4.98 Å². The number of carboxylic acids is 1. The predicted molar refractivity (Wildman–Crippen MR) is 126 cm³/mol. The van der Waals surface area contributed by atoms with Crippen LogP contribution in [0.1, 0.15) is 42.7 Å². The average Bonchev–Trinajstić information content (AvgIpc) is 2.68. The van der Waals surface area contributed by atoms with Crippen LogP contribution in [0.3, 0.4) is 0 Å². The van der Waals surface area contributed by atoms with Gasteiger partial charge in [-0.05, 0) is 61.4 Å². The molecule has 2 atom stereocenters. The van der Waals surface area contributed by atoms with Crippen LogP contribution < -0.4 is 5.73 Å². The van der Waals surface area contributed by atoms with Crippen LogP contribution in [0, 0.1) is 12.8 Å². The van der Waals surface area contributed by atoms with Gasteiger partial charge in [0.1, 0.15) is 10.1 Å². The Bertz CT molecular complexity index is 977. The number of benzene rings is 1. The Balaban J connectivity index is 2.75. The van der Waals surface area contributed by atoms with E-state index in [9.17, 15) is 9.90 Å². The minimum Gasteiger partial charge on any atom is -0.477 e. The monoisotopic (exact) mass is 465 g/mol. The number of pyridine rings is 1. The summed E-state index contributed by atoms with van der Waals surface area (Å²) >= 11 is 13.3. The number of thioether (sulfide) groups is 1. The second-order valence-electron chi connectivity index (χ2n) is 7.42. The van der Waals surface area contributed by atoms with Crippen molar-refractivity contribution in [3.63, 3.8) is 0 Å². The SMILES string of the molecule is C=NC(C)(c1ccc(Cl)nc1)C(S/C(C(=O)O)=C(\N)C(C)C)c1ccc(Cl)cc1C. The Morgan fingerprint density at radius 2 is 1.97 bits per heavy atom. The van der Waals surface area contributed by atoms with Crippen LogP contribution >= 0.6 is 35.0 Å². The van der Waals surface area contributed by atoms with Gasteiger partial charge < -0.3 is 10.8 Å². The van der Waals surface area contributed by atoms with Gasteiger partial charge in [-0.25, -0.2) is 9.78 Å². The van der Waals surface area contributed by atoms with Crippen LogP contribution in [0.4, 0.5) is 0 Å². The lowest BCUT2D eigenvalue weighted by atomic mass is 9.85. The lowest BCUT2D eigenvalue weighted by molar-refractivity contribution is -0.131. The van der Waals surface area contributed by atoms with Gasteiger partial charge in [0, 0.05) is 16.9 Å². The molecule has 5 nitrogen and oxygen atoms in total. The first kappa shape index (κ1) is 24.3. The summed E-state index contributed by atoms with van der Waals surface area (Å²) < 4.78 is 0. The van der Waals surface area contributed by atoms with Crippen LogP contribution in [-0.4, -0.2) is 22.8 Å². The van der Waals surface area contributed by atoms with E-state index >= 15 is 0 Å². The maximum absolute atomic E-state index is 12.1. The van der Waals surface area contributed by atoms with Crippen LogP contribution in [0.2, 0.25) is 10.2 Å². The molecule has 2 unspecified atom stereocenters. The van der Waals surface area contributed by atoms with Crippen LogP contribution in [-0.2, 0) is 10.3 Å². The number of aliphatic carboxylic acids is 1. The summed E-state index contributed by atoms with van der Waals surface area (Å²) in [6.07, 6.45) is 1.63. The predicted octanol–water partition coefficient (Wildman–Crippen LogP) is 6.00. The molecule has 0 aliphatic carbocycles. The van der Waals surface area contributed by atoms with Crippen molar-refractivity contribution >= 4 is 47.7 Å². The number of hydrogen-bond donors (Lipinski definition) is 2. The summed E-state index contributed by atoms with van der Waals surface area (Å²) in [5.41, 5.74) is 8.10. The average molecular weight is 466 g/mol. The number of rotatable bonds is 8. The Kier molecular flexibility index (Phi) is 7.97. The largest absolute Gasteiger partial charge is 0.477 e.